The van der Waals surface area contributed by atoms with Crippen LogP contribution in [0, 0.1) is 5.92 Å². The van der Waals surface area contributed by atoms with E-state index < -0.39 is 6.10 Å². The van der Waals surface area contributed by atoms with E-state index in [0.29, 0.717) is 12.5 Å². The van der Waals surface area contributed by atoms with Crippen molar-refractivity contribution in [2.24, 2.45) is 5.92 Å². The predicted molar refractivity (Wildman–Crippen MR) is 49.4 cm³/mol. The number of carbonyl (C=O) groups excluding carboxylic acids is 1. The summed E-state index contributed by atoms with van der Waals surface area (Å²) in [5, 5.41) is 0. The molecule has 76 valence electrons. The van der Waals surface area contributed by atoms with Gasteiger partial charge in [-0.25, -0.2) is 4.79 Å². The third-order valence-electron chi connectivity index (χ3n) is 2.59. The van der Waals surface area contributed by atoms with Gasteiger partial charge in [0.05, 0.1) is 13.7 Å². The smallest absolute Gasteiger partial charge is 0.334 e. The van der Waals surface area contributed by atoms with Crippen LogP contribution in [0.25, 0.3) is 0 Å². The summed E-state index contributed by atoms with van der Waals surface area (Å²) < 4.78 is 9.97. The summed E-state index contributed by atoms with van der Waals surface area (Å²) >= 11 is 0. The molecular weight excluding hydrogens is 168 g/mol. The lowest BCUT2D eigenvalue weighted by Gasteiger charge is -2.14. The van der Waals surface area contributed by atoms with Gasteiger partial charge in [0.15, 0.2) is 6.10 Å². The number of ether oxygens (including phenoxy) is 2. The second kappa shape index (κ2) is 5.22. The van der Waals surface area contributed by atoms with Crippen LogP contribution in [0.3, 0.4) is 0 Å². The van der Waals surface area contributed by atoms with Crippen LogP contribution in [0.15, 0.2) is 0 Å². The fraction of sp³-hybridized carbons (Fsp3) is 0.900. The van der Waals surface area contributed by atoms with E-state index in [1.165, 1.54) is 32.8 Å². The van der Waals surface area contributed by atoms with Crippen molar-refractivity contribution in [3.8, 4) is 0 Å². The second-order valence-electron chi connectivity index (χ2n) is 3.65. The Balaban J connectivity index is 2.13. The van der Waals surface area contributed by atoms with E-state index in [-0.39, 0.29) is 5.97 Å². The molecule has 1 fully saturated rings. The van der Waals surface area contributed by atoms with E-state index in [1.54, 1.807) is 6.92 Å². The Bertz CT molecular complexity index is 162. The molecule has 0 aromatic heterocycles. The van der Waals surface area contributed by atoms with E-state index in [1.807, 2.05) is 0 Å². The molecule has 0 aromatic rings. The summed E-state index contributed by atoms with van der Waals surface area (Å²) in [6.45, 7) is 2.44. The fourth-order valence-corrected chi connectivity index (χ4v) is 1.69. The third kappa shape index (κ3) is 3.35. The van der Waals surface area contributed by atoms with E-state index >= 15 is 0 Å². The lowest BCUT2D eigenvalue weighted by molar-refractivity contribution is -0.153. The lowest BCUT2D eigenvalue weighted by atomic mass is 10.1. The van der Waals surface area contributed by atoms with Crippen molar-refractivity contribution >= 4 is 5.97 Å². The van der Waals surface area contributed by atoms with Gasteiger partial charge in [0, 0.05) is 0 Å². The Hall–Kier alpha value is -0.570. The van der Waals surface area contributed by atoms with Crippen LogP contribution >= 0.6 is 0 Å². The normalized spacial score (nSPS) is 20.2. The number of hydrogen-bond donors (Lipinski definition) is 0. The second-order valence-corrected chi connectivity index (χ2v) is 3.65. The van der Waals surface area contributed by atoms with Crippen molar-refractivity contribution in [2.75, 3.05) is 13.7 Å². The largest absolute Gasteiger partial charge is 0.467 e. The van der Waals surface area contributed by atoms with Crippen molar-refractivity contribution in [2.45, 2.75) is 38.7 Å². The highest BCUT2D eigenvalue weighted by atomic mass is 16.6. The van der Waals surface area contributed by atoms with Crippen molar-refractivity contribution in [1.29, 1.82) is 0 Å². The maximum Gasteiger partial charge on any atom is 0.334 e. The van der Waals surface area contributed by atoms with Gasteiger partial charge >= 0.3 is 5.97 Å². The predicted octanol–water partition coefficient (Wildman–Crippen LogP) is 1.75. The van der Waals surface area contributed by atoms with Crippen LogP contribution < -0.4 is 0 Å². The van der Waals surface area contributed by atoms with Gasteiger partial charge in [-0.15, -0.1) is 0 Å². The molecule has 3 nitrogen and oxygen atoms in total. The van der Waals surface area contributed by atoms with Gasteiger partial charge in [-0.05, 0) is 25.7 Å². The minimum atomic E-state index is -0.411. The van der Waals surface area contributed by atoms with Crippen LogP contribution in [0.2, 0.25) is 0 Å². The summed E-state index contributed by atoms with van der Waals surface area (Å²) in [5.41, 5.74) is 0. The molecular formula is C10H18O3. The molecule has 3 heteroatoms. The molecule has 0 saturated heterocycles. The Morgan fingerprint density at radius 3 is 2.62 bits per heavy atom. The van der Waals surface area contributed by atoms with Crippen LogP contribution in [0.4, 0.5) is 0 Å². The highest BCUT2D eigenvalue weighted by molar-refractivity contribution is 5.73. The minimum Gasteiger partial charge on any atom is -0.467 e. The minimum absolute atomic E-state index is 0.280. The monoisotopic (exact) mass is 186 g/mol. The molecule has 0 spiro atoms. The molecule has 1 saturated carbocycles. The van der Waals surface area contributed by atoms with Gasteiger partial charge in [-0.2, -0.15) is 0 Å². The summed E-state index contributed by atoms with van der Waals surface area (Å²) in [5.74, 6) is 0.380. The Labute approximate surface area is 79.4 Å². The number of hydrogen-bond acceptors (Lipinski definition) is 3. The average molecular weight is 186 g/mol. The van der Waals surface area contributed by atoms with Gasteiger partial charge in [-0.3, -0.25) is 0 Å². The third-order valence-corrected chi connectivity index (χ3v) is 2.59. The molecule has 1 aliphatic carbocycles. The molecule has 0 heterocycles. The molecule has 1 aliphatic rings. The first-order chi connectivity index (χ1) is 6.24. The maximum atomic E-state index is 11.0. The number of esters is 1. The average Bonchev–Trinajstić information content (AvgIpc) is 2.65. The van der Waals surface area contributed by atoms with Crippen molar-refractivity contribution < 1.29 is 14.3 Å². The number of rotatable bonds is 4. The Morgan fingerprint density at radius 1 is 1.46 bits per heavy atom. The van der Waals surface area contributed by atoms with Gasteiger partial charge in [0.2, 0.25) is 0 Å². The first-order valence-corrected chi connectivity index (χ1v) is 4.93. The molecule has 0 radical (unpaired) electrons. The highest BCUT2D eigenvalue weighted by Gasteiger charge is 2.19. The van der Waals surface area contributed by atoms with Gasteiger partial charge in [-0.1, -0.05) is 12.8 Å². The highest BCUT2D eigenvalue weighted by Crippen LogP contribution is 2.25. The summed E-state index contributed by atoms with van der Waals surface area (Å²) in [7, 11) is 1.39. The standard InChI is InChI=1S/C10H18O3/c1-8(10(11)12-2)13-7-9-5-3-4-6-9/h8-9H,3-7H2,1-2H3/t8-/m1/s1. The van der Waals surface area contributed by atoms with E-state index in [0.717, 1.165) is 0 Å². The van der Waals surface area contributed by atoms with Crippen LogP contribution in [0.5, 0.6) is 0 Å². The van der Waals surface area contributed by atoms with Gasteiger partial charge in [0.1, 0.15) is 0 Å². The van der Waals surface area contributed by atoms with Crippen LogP contribution in [0.1, 0.15) is 32.6 Å². The van der Waals surface area contributed by atoms with Crippen LogP contribution in [-0.2, 0) is 14.3 Å². The zero-order valence-corrected chi connectivity index (χ0v) is 8.41. The first kappa shape index (κ1) is 10.5. The van der Waals surface area contributed by atoms with Crippen molar-refractivity contribution in [3.05, 3.63) is 0 Å². The Morgan fingerprint density at radius 2 is 2.08 bits per heavy atom. The first-order valence-electron chi connectivity index (χ1n) is 4.93. The fourth-order valence-electron chi connectivity index (χ4n) is 1.69. The molecule has 1 rings (SSSR count). The van der Waals surface area contributed by atoms with E-state index in [2.05, 4.69) is 4.74 Å². The molecule has 0 N–H and O–H groups in total. The zero-order valence-electron chi connectivity index (χ0n) is 8.41. The quantitative estimate of drug-likeness (QED) is 0.627. The molecule has 0 bridgehead atoms. The number of carbonyl (C=O) groups is 1. The topological polar surface area (TPSA) is 35.5 Å². The van der Waals surface area contributed by atoms with Gasteiger partial charge < -0.3 is 9.47 Å². The summed E-state index contributed by atoms with van der Waals surface area (Å²) in [6.07, 6.45) is 4.69. The van der Waals surface area contributed by atoms with Crippen LogP contribution in [-0.4, -0.2) is 25.8 Å². The number of methoxy groups -OCH3 is 1. The lowest BCUT2D eigenvalue weighted by Crippen LogP contribution is -2.24. The molecule has 0 amide bonds. The summed E-state index contributed by atoms with van der Waals surface area (Å²) in [4.78, 5) is 11.0. The van der Waals surface area contributed by atoms with E-state index in [4.69, 9.17) is 4.74 Å². The van der Waals surface area contributed by atoms with Gasteiger partial charge in [0.25, 0.3) is 0 Å². The summed E-state index contributed by atoms with van der Waals surface area (Å²) in [6, 6.07) is 0. The Kier molecular flexibility index (Phi) is 4.22. The zero-order chi connectivity index (χ0) is 9.68. The van der Waals surface area contributed by atoms with Crippen molar-refractivity contribution in [1.82, 2.24) is 0 Å². The van der Waals surface area contributed by atoms with Crippen molar-refractivity contribution in [3.63, 3.8) is 0 Å². The SMILES string of the molecule is COC(=O)[C@@H](C)OCC1CCCC1. The maximum absolute atomic E-state index is 11.0. The van der Waals surface area contributed by atoms with E-state index in [9.17, 15) is 4.79 Å². The molecule has 0 unspecified atom stereocenters. The molecule has 0 aliphatic heterocycles. The molecule has 0 aromatic carbocycles. The molecule has 13 heavy (non-hydrogen) atoms. The molecule has 1 atom stereocenters.